The van der Waals surface area contributed by atoms with Crippen LogP contribution in [0, 0.1) is 0 Å². The van der Waals surface area contributed by atoms with Crippen LogP contribution in [-0.2, 0) is 0 Å². The molecule has 0 saturated carbocycles. The van der Waals surface area contributed by atoms with E-state index in [1.165, 1.54) is 0 Å². The Kier molecular flexibility index (Phi) is 5.79. The van der Waals surface area contributed by atoms with Crippen LogP contribution in [0.5, 0.6) is 5.75 Å². The molecule has 1 atom stereocenters. The number of aliphatic hydroxyl groups is 1. The van der Waals surface area contributed by atoms with Gasteiger partial charge in [0.15, 0.2) is 0 Å². The summed E-state index contributed by atoms with van der Waals surface area (Å²) in [6, 6.07) is 6.66. The molecule has 1 unspecified atom stereocenters. The highest BCUT2D eigenvalue weighted by atomic mass is 16.5. The monoisotopic (exact) mass is 281 g/mol. The predicted octanol–water partition coefficient (Wildman–Crippen LogP) is 1.13. The lowest BCUT2D eigenvalue weighted by atomic mass is 10.1. The minimum atomic E-state index is -0.971. The van der Waals surface area contributed by atoms with E-state index in [0.29, 0.717) is 12.2 Å². The molecule has 3 N–H and O–H groups in total. The van der Waals surface area contributed by atoms with Crippen LogP contribution in [0.3, 0.4) is 0 Å². The second kappa shape index (κ2) is 7.12. The first-order valence-electron chi connectivity index (χ1n) is 6.38. The third-order valence-corrected chi connectivity index (χ3v) is 2.63. The van der Waals surface area contributed by atoms with E-state index in [9.17, 15) is 9.90 Å². The summed E-state index contributed by atoms with van der Waals surface area (Å²) in [5.41, 5.74) is -0.309. The number of urea groups is 1. The van der Waals surface area contributed by atoms with Gasteiger partial charge in [0.05, 0.1) is 12.7 Å². The number of nitrogens with one attached hydrogen (secondary N) is 2. The first-order chi connectivity index (χ1) is 9.32. The van der Waals surface area contributed by atoms with Gasteiger partial charge in [0, 0.05) is 18.8 Å². The van der Waals surface area contributed by atoms with Crippen molar-refractivity contribution in [3.05, 3.63) is 24.3 Å². The first-order valence-corrected chi connectivity index (χ1v) is 6.38. The van der Waals surface area contributed by atoms with Crippen molar-refractivity contribution in [1.29, 1.82) is 0 Å². The maximum absolute atomic E-state index is 11.7. The number of hydrogen-bond acceptors (Lipinski definition) is 4. The van der Waals surface area contributed by atoms with Gasteiger partial charge in [0.1, 0.15) is 5.75 Å². The molecule has 0 aliphatic rings. The van der Waals surface area contributed by atoms with Crippen LogP contribution >= 0.6 is 0 Å². The zero-order valence-corrected chi connectivity index (χ0v) is 12.4. The molecule has 20 heavy (non-hydrogen) atoms. The number of likely N-dealkylation sites (N-methyl/N-ethyl adjacent to an activating group) is 1. The molecular formula is C14H23N3O3. The SMILES string of the molecule is COc1ccc(NC(=O)NCC(C)(O)CN(C)C)cc1. The Labute approximate surface area is 119 Å². The number of anilines is 1. The highest BCUT2D eigenvalue weighted by molar-refractivity contribution is 5.89. The maximum atomic E-state index is 11.7. The number of nitrogens with zero attached hydrogens (tertiary/aromatic N) is 1. The van der Waals surface area contributed by atoms with E-state index in [4.69, 9.17) is 4.74 Å². The Hall–Kier alpha value is -1.79. The lowest BCUT2D eigenvalue weighted by Crippen LogP contribution is -2.48. The van der Waals surface area contributed by atoms with Crippen molar-refractivity contribution < 1.29 is 14.6 Å². The van der Waals surface area contributed by atoms with Crippen LogP contribution < -0.4 is 15.4 Å². The van der Waals surface area contributed by atoms with Crippen LogP contribution in [0.15, 0.2) is 24.3 Å². The summed E-state index contributed by atoms with van der Waals surface area (Å²) in [5.74, 6) is 0.727. The molecule has 6 heteroatoms. The number of benzene rings is 1. The van der Waals surface area contributed by atoms with Gasteiger partial charge in [-0.05, 0) is 45.3 Å². The van der Waals surface area contributed by atoms with E-state index >= 15 is 0 Å². The van der Waals surface area contributed by atoms with Crippen molar-refractivity contribution in [3.63, 3.8) is 0 Å². The normalized spacial score (nSPS) is 13.7. The number of carbonyl (C=O) groups is 1. The van der Waals surface area contributed by atoms with E-state index in [-0.39, 0.29) is 12.6 Å². The van der Waals surface area contributed by atoms with Gasteiger partial charge in [-0.1, -0.05) is 0 Å². The second-order valence-electron chi connectivity index (χ2n) is 5.27. The zero-order valence-electron chi connectivity index (χ0n) is 12.4. The topological polar surface area (TPSA) is 73.8 Å². The number of carbonyl (C=O) groups excluding carboxylic acids is 1. The van der Waals surface area contributed by atoms with Crippen LogP contribution in [-0.4, -0.2) is 55.9 Å². The van der Waals surface area contributed by atoms with Gasteiger partial charge in [-0.2, -0.15) is 0 Å². The third kappa shape index (κ3) is 5.90. The molecule has 0 aromatic heterocycles. The summed E-state index contributed by atoms with van der Waals surface area (Å²) in [7, 11) is 5.32. The van der Waals surface area contributed by atoms with Crippen molar-refractivity contribution in [2.24, 2.45) is 0 Å². The van der Waals surface area contributed by atoms with E-state index in [1.807, 2.05) is 19.0 Å². The smallest absolute Gasteiger partial charge is 0.319 e. The molecule has 1 rings (SSSR count). The average molecular weight is 281 g/mol. The van der Waals surface area contributed by atoms with E-state index in [0.717, 1.165) is 5.75 Å². The van der Waals surface area contributed by atoms with Gasteiger partial charge in [-0.15, -0.1) is 0 Å². The Morgan fingerprint density at radius 2 is 1.95 bits per heavy atom. The Morgan fingerprint density at radius 1 is 1.35 bits per heavy atom. The molecule has 0 heterocycles. The Balaban J connectivity index is 2.43. The molecular weight excluding hydrogens is 258 g/mol. The van der Waals surface area contributed by atoms with E-state index in [2.05, 4.69) is 10.6 Å². The molecule has 6 nitrogen and oxygen atoms in total. The standard InChI is InChI=1S/C14H23N3O3/c1-14(19,10-17(2)3)9-15-13(18)16-11-5-7-12(20-4)8-6-11/h5-8,19H,9-10H2,1-4H3,(H2,15,16,18). The average Bonchev–Trinajstić information content (AvgIpc) is 2.36. The zero-order chi connectivity index (χ0) is 15.2. The van der Waals surface area contributed by atoms with Gasteiger partial charge < -0.3 is 25.4 Å². The molecule has 1 aromatic rings. The van der Waals surface area contributed by atoms with Crippen molar-refractivity contribution >= 4 is 11.7 Å². The molecule has 0 saturated heterocycles. The van der Waals surface area contributed by atoms with Crippen molar-refractivity contribution in [1.82, 2.24) is 10.2 Å². The molecule has 0 bridgehead atoms. The highest BCUT2D eigenvalue weighted by Crippen LogP contribution is 2.14. The van der Waals surface area contributed by atoms with E-state index in [1.54, 1.807) is 38.3 Å². The molecule has 0 radical (unpaired) electrons. The van der Waals surface area contributed by atoms with Gasteiger partial charge in [0.25, 0.3) is 0 Å². The molecule has 112 valence electrons. The highest BCUT2D eigenvalue weighted by Gasteiger charge is 2.21. The summed E-state index contributed by atoms with van der Waals surface area (Å²) >= 11 is 0. The number of hydrogen-bond donors (Lipinski definition) is 3. The van der Waals surface area contributed by atoms with E-state index < -0.39 is 5.60 Å². The van der Waals surface area contributed by atoms with Gasteiger partial charge in [0.2, 0.25) is 0 Å². The molecule has 0 aliphatic heterocycles. The largest absolute Gasteiger partial charge is 0.497 e. The number of ether oxygens (including phenoxy) is 1. The summed E-state index contributed by atoms with van der Waals surface area (Å²) in [6.45, 7) is 2.32. The number of amides is 2. The van der Waals surface area contributed by atoms with Crippen molar-refractivity contribution in [3.8, 4) is 5.75 Å². The van der Waals surface area contributed by atoms with Crippen molar-refractivity contribution in [2.75, 3.05) is 39.6 Å². The number of methoxy groups -OCH3 is 1. The van der Waals surface area contributed by atoms with Gasteiger partial charge in [-0.3, -0.25) is 0 Å². The summed E-state index contributed by atoms with van der Waals surface area (Å²) in [5, 5.41) is 15.4. The lowest BCUT2D eigenvalue weighted by Gasteiger charge is -2.27. The Morgan fingerprint density at radius 3 is 2.45 bits per heavy atom. The summed E-state index contributed by atoms with van der Waals surface area (Å²) in [4.78, 5) is 13.6. The second-order valence-corrected chi connectivity index (χ2v) is 5.27. The molecule has 2 amide bonds. The Bertz CT molecular complexity index is 430. The molecule has 0 aliphatic carbocycles. The summed E-state index contributed by atoms with van der Waals surface area (Å²) in [6.07, 6.45) is 0. The minimum Gasteiger partial charge on any atom is -0.497 e. The first kappa shape index (κ1) is 16.3. The molecule has 0 fully saturated rings. The van der Waals surface area contributed by atoms with Crippen LogP contribution in [0.1, 0.15) is 6.92 Å². The van der Waals surface area contributed by atoms with Gasteiger partial charge in [-0.25, -0.2) is 4.79 Å². The predicted molar refractivity (Wildman–Crippen MR) is 79.2 cm³/mol. The fraction of sp³-hybridized carbons (Fsp3) is 0.500. The quantitative estimate of drug-likeness (QED) is 0.731. The lowest BCUT2D eigenvalue weighted by molar-refractivity contribution is 0.0364. The molecule has 1 aromatic carbocycles. The van der Waals surface area contributed by atoms with Crippen LogP contribution in [0.4, 0.5) is 10.5 Å². The van der Waals surface area contributed by atoms with Gasteiger partial charge >= 0.3 is 6.03 Å². The maximum Gasteiger partial charge on any atom is 0.319 e. The van der Waals surface area contributed by atoms with Crippen LogP contribution in [0.25, 0.3) is 0 Å². The fourth-order valence-electron chi connectivity index (χ4n) is 1.86. The molecule has 0 spiro atoms. The minimum absolute atomic E-state index is 0.174. The van der Waals surface area contributed by atoms with Crippen LogP contribution in [0.2, 0.25) is 0 Å². The third-order valence-electron chi connectivity index (χ3n) is 2.63. The fourth-order valence-corrected chi connectivity index (χ4v) is 1.86. The van der Waals surface area contributed by atoms with Crippen molar-refractivity contribution in [2.45, 2.75) is 12.5 Å². The number of rotatable bonds is 6. The summed E-state index contributed by atoms with van der Waals surface area (Å²) < 4.78 is 5.04.